The number of phenolic OH excluding ortho intramolecular Hbond substituents is 4. The first kappa shape index (κ1) is 17.4. The Morgan fingerprint density at radius 2 is 1.78 bits per heavy atom. The zero-order valence-electron chi connectivity index (χ0n) is 12.1. The molecule has 0 aromatic heterocycles. The van der Waals surface area contributed by atoms with Crippen LogP contribution in [0.25, 0.3) is 0 Å². The Hall–Kier alpha value is -1.99. The minimum absolute atomic E-state index is 0. The molecule has 0 bridgehead atoms. The number of fused-ring (bicyclic) bond motifs is 1. The average molecular weight is 386 g/mol. The number of aromatic hydroxyl groups is 4. The molecule has 0 saturated heterocycles. The summed E-state index contributed by atoms with van der Waals surface area (Å²) < 4.78 is 14.1. The number of rotatable bonds is 2. The van der Waals surface area contributed by atoms with Gasteiger partial charge in [0.15, 0.2) is 28.8 Å². The SMILES string of the molecule is Br.Oc1ccc(CC2NCCc3c2cc(O)c(O)c3F)cc1O. The van der Waals surface area contributed by atoms with E-state index in [-0.39, 0.29) is 34.5 Å². The maximum absolute atomic E-state index is 14.1. The highest BCUT2D eigenvalue weighted by molar-refractivity contribution is 8.93. The molecule has 1 heterocycles. The molecule has 0 radical (unpaired) electrons. The fourth-order valence-electron chi connectivity index (χ4n) is 2.85. The Labute approximate surface area is 142 Å². The molecule has 2 aromatic carbocycles. The predicted molar refractivity (Wildman–Crippen MR) is 88.0 cm³/mol. The Bertz CT molecular complexity index is 739. The molecule has 1 aliphatic rings. The van der Waals surface area contributed by atoms with Crippen molar-refractivity contribution in [1.82, 2.24) is 5.32 Å². The molecule has 3 rings (SSSR count). The molecule has 23 heavy (non-hydrogen) atoms. The van der Waals surface area contributed by atoms with Gasteiger partial charge in [-0.2, -0.15) is 0 Å². The van der Waals surface area contributed by atoms with Gasteiger partial charge in [0.25, 0.3) is 0 Å². The van der Waals surface area contributed by atoms with E-state index < -0.39 is 17.3 Å². The molecule has 7 heteroatoms. The third-order valence-electron chi connectivity index (χ3n) is 3.98. The lowest BCUT2D eigenvalue weighted by atomic mass is 9.89. The van der Waals surface area contributed by atoms with Crippen LogP contribution < -0.4 is 5.32 Å². The normalized spacial score (nSPS) is 16.5. The predicted octanol–water partition coefficient (Wildman–Crippen LogP) is 2.66. The number of benzene rings is 2. The molecule has 1 unspecified atom stereocenters. The van der Waals surface area contributed by atoms with Gasteiger partial charge < -0.3 is 25.7 Å². The number of hydrogen-bond donors (Lipinski definition) is 5. The lowest BCUT2D eigenvalue weighted by molar-refractivity contribution is 0.369. The van der Waals surface area contributed by atoms with Gasteiger partial charge in [-0.05, 0) is 54.3 Å². The van der Waals surface area contributed by atoms with E-state index in [9.17, 15) is 24.8 Å². The molecule has 1 atom stereocenters. The second-order valence-electron chi connectivity index (χ2n) is 5.41. The van der Waals surface area contributed by atoms with E-state index >= 15 is 0 Å². The summed E-state index contributed by atoms with van der Waals surface area (Å²) in [5, 5.41) is 41.2. The van der Waals surface area contributed by atoms with Crippen molar-refractivity contribution in [3.05, 3.63) is 46.8 Å². The van der Waals surface area contributed by atoms with Crippen molar-refractivity contribution < 1.29 is 24.8 Å². The lowest BCUT2D eigenvalue weighted by Gasteiger charge is -2.28. The molecule has 5 N–H and O–H groups in total. The van der Waals surface area contributed by atoms with Crippen LogP contribution in [-0.2, 0) is 12.8 Å². The summed E-state index contributed by atoms with van der Waals surface area (Å²) in [6.45, 7) is 0.545. The zero-order valence-corrected chi connectivity index (χ0v) is 13.8. The highest BCUT2D eigenvalue weighted by atomic mass is 79.9. The Morgan fingerprint density at radius 3 is 2.48 bits per heavy atom. The molecule has 0 amide bonds. The largest absolute Gasteiger partial charge is 0.504 e. The molecule has 1 aliphatic heterocycles. The Balaban J connectivity index is 0.00000192. The summed E-state index contributed by atoms with van der Waals surface area (Å²) in [7, 11) is 0. The van der Waals surface area contributed by atoms with E-state index in [1.165, 1.54) is 18.2 Å². The standard InChI is InChI=1S/C16H16FNO4.BrH/c17-15-9-3-4-18-11(10(9)7-14(21)16(15)22)5-8-1-2-12(19)13(20)6-8;/h1-2,6-7,11,18-22H,3-5H2;1H. The third kappa shape index (κ3) is 3.20. The van der Waals surface area contributed by atoms with Crippen molar-refractivity contribution in [3.8, 4) is 23.0 Å². The minimum atomic E-state index is -0.782. The lowest BCUT2D eigenvalue weighted by Crippen LogP contribution is -2.31. The van der Waals surface area contributed by atoms with Crippen LogP contribution in [0.5, 0.6) is 23.0 Å². The summed E-state index contributed by atoms with van der Waals surface area (Å²) in [5.74, 6) is -2.40. The van der Waals surface area contributed by atoms with E-state index in [0.717, 1.165) is 5.56 Å². The van der Waals surface area contributed by atoms with Gasteiger partial charge in [0, 0.05) is 6.04 Å². The molecule has 5 nitrogen and oxygen atoms in total. The first-order valence-corrected chi connectivity index (χ1v) is 6.95. The summed E-state index contributed by atoms with van der Waals surface area (Å²) in [6, 6.07) is 5.62. The maximum atomic E-state index is 14.1. The molecule has 0 fully saturated rings. The number of nitrogens with one attached hydrogen (secondary N) is 1. The fourth-order valence-corrected chi connectivity index (χ4v) is 2.85. The number of halogens is 2. The molecule has 2 aromatic rings. The average Bonchev–Trinajstić information content (AvgIpc) is 2.50. The first-order chi connectivity index (χ1) is 10.5. The summed E-state index contributed by atoms with van der Waals surface area (Å²) in [6.07, 6.45) is 0.872. The van der Waals surface area contributed by atoms with E-state index in [0.29, 0.717) is 30.5 Å². The quantitative estimate of drug-likeness (QED) is 0.512. The molecule has 124 valence electrons. The van der Waals surface area contributed by atoms with Crippen LogP contribution in [-0.4, -0.2) is 27.0 Å². The molecular formula is C16H17BrFNO4. The zero-order chi connectivity index (χ0) is 15.9. The van der Waals surface area contributed by atoms with E-state index in [2.05, 4.69) is 5.32 Å². The molecule has 0 aliphatic carbocycles. The van der Waals surface area contributed by atoms with Gasteiger partial charge in [-0.3, -0.25) is 0 Å². The number of phenols is 4. The van der Waals surface area contributed by atoms with Crippen molar-refractivity contribution in [3.63, 3.8) is 0 Å². The van der Waals surface area contributed by atoms with Crippen molar-refractivity contribution in [2.75, 3.05) is 6.54 Å². The van der Waals surface area contributed by atoms with Crippen LogP contribution in [0.3, 0.4) is 0 Å². The van der Waals surface area contributed by atoms with Crippen molar-refractivity contribution in [1.29, 1.82) is 0 Å². The van der Waals surface area contributed by atoms with Gasteiger partial charge in [-0.15, -0.1) is 17.0 Å². The van der Waals surface area contributed by atoms with Crippen molar-refractivity contribution >= 4 is 17.0 Å². The van der Waals surface area contributed by atoms with Crippen LogP contribution in [0.4, 0.5) is 4.39 Å². The minimum Gasteiger partial charge on any atom is -0.504 e. The molecular weight excluding hydrogens is 369 g/mol. The topological polar surface area (TPSA) is 93.0 Å². The molecule has 0 saturated carbocycles. The summed E-state index contributed by atoms with van der Waals surface area (Å²) in [4.78, 5) is 0. The Morgan fingerprint density at radius 1 is 1.04 bits per heavy atom. The fraction of sp³-hybridized carbons (Fsp3) is 0.250. The Kier molecular flexibility index (Phi) is 5.01. The van der Waals surface area contributed by atoms with Gasteiger partial charge in [0.05, 0.1) is 0 Å². The first-order valence-electron chi connectivity index (χ1n) is 6.95. The van der Waals surface area contributed by atoms with Crippen LogP contribution in [0.1, 0.15) is 22.7 Å². The molecule has 0 spiro atoms. The van der Waals surface area contributed by atoms with E-state index in [4.69, 9.17) is 0 Å². The van der Waals surface area contributed by atoms with E-state index in [1.54, 1.807) is 6.07 Å². The smallest absolute Gasteiger partial charge is 0.194 e. The van der Waals surface area contributed by atoms with Gasteiger partial charge in [-0.1, -0.05) is 6.07 Å². The van der Waals surface area contributed by atoms with Gasteiger partial charge >= 0.3 is 0 Å². The van der Waals surface area contributed by atoms with Crippen molar-refractivity contribution in [2.24, 2.45) is 0 Å². The van der Waals surface area contributed by atoms with Gasteiger partial charge in [0.1, 0.15) is 0 Å². The second kappa shape index (κ2) is 6.64. The van der Waals surface area contributed by atoms with Crippen molar-refractivity contribution in [2.45, 2.75) is 18.9 Å². The van der Waals surface area contributed by atoms with Crippen LogP contribution in [0.15, 0.2) is 24.3 Å². The van der Waals surface area contributed by atoms with Crippen LogP contribution in [0, 0.1) is 5.82 Å². The maximum Gasteiger partial charge on any atom is 0.194 e. The third-order valence-corrected chi connectivity index (χ3v) is 3.98. The van der Waals surface area contributed by atoms with Crippen LogP contribution >= 0.6 is 17.0 Å². The summed E-state index contributed by atoms with van der Waals surface area (Å²) in [5.41, 5.74) is 1.74. The second-order valence-corrected chi connectivity index (χ2v) is 5.41. The van der Waals surface area contributed by atoms with Crippen LogP contribution in [0.2, 0.25) is 0 Å². The highest BCUT2D eigenvalue weighted by Crippen LogP contribution is 2.38. The number of hydrogen-bond acceptors (Lipinski definition) is 5. The highest BCUT2D eigenvalue weighted by Gasteiger charge is 2.26. The van der Waals surface area contributed by atoms with Gasteiger partial charge in [0.2, 0.25) is 0 Å². The van der Waals surface area contributed by atoms with E-state index in [1.807, 2.05) is 0 Å². The summed E-state index contributed by atoms with van der Waals surface area (Å²) >= 11 is 0. The van der Waals surface area contributed by atoms with Gasteiger partial charge in [-0.25, -0.2) is 4.39 Å². The monoisotopic (exact) mass is 385 g/mol.